The summed E-state index contributed by atoms with van der Waals surface area (Å²) in [5.74, 6) is -0.00653. The van der Waals surface area contributed by atoms with Crippen LogP contribution in [-0.2, 0) is 18.5 Å². The van der Waals surface area contributed by atoms with E-state index in [1.807, 2.05) is 23.1 Å². The second-order valence-electron chi connectivity index (χ2n) is 6.35. The smallest absolute Gasteiger partial charge is 0.274 e. The molecule has 0 bridgehead atoms. The summed E-state index contributed by atoms with van der Waals surface area (Å²) in [5.41, 5.74) is 3.92. The lowest BCUT2D eigenvalue weighted by atomic mass is 9.92. The van der Waals surface area contributed by atoms with Crippen LogP contribution in [0.3, 0.4) is 0 Å². The minimum absolute atomic E-state index is 0.00653. The van der Waals surface area contributed by atoms with Gasteiger partial charge in [0, 0.05) is 24.2 Å². The van der Waals surface area contributed by atoms with Crippen molar-refractivity contribution >= 4 is 5.91 Å². The van der Waals surface area contributed by atoms with E-state index in [0.29, 0.717) is 18.8 Å². The predicted molar refractivity (Wildman–Crippen MR) is 77.3 cm³/mol. The molecule has 4 nitrogen and oxygen atoms in total. The number of aromatic amines is 1. The van der Waals surface area contributed by atoms with Crippen LogP contribution in [0.2, 0.25) is 0 Å². The Kier molecular flexibility index (Phi) is 2.89. The normalized spacial score (nSPS) is 14.4. The number of hydrogen-bond donors (Lipinski definition) is 1. The average Bonchev–Trinajstić information content (AvgIpc) is 3.04. The topological polar surface area (TPSA) is 49.0 Å². The van der Waals surface area contributed by atoms with Crippen LogP contribution < -0.4 is 0 Å². The molecule has 0 spiro atoms. The number of aromatic nitrogens is 2. The van der Waals surface area contributed by atoms with Crippen LogP contribution in [0.15, 0.2) is 30.3 Å². The highest BCUT2D eigenvalue weighted by Gasteiger charge is 2.26. The van der Waals surface area contributed by atoms with Gasteiger partial charge in [0.25, 0.3) is 5.91 Å². The third kappa shape index (κ3) is 2.22. The van der Waals surface area contributed by atoms with Gasteiger partial charge in [0.05, 0.1) is 0 Å². The molecule has 1 aliphatic heterocycles. The lowest BCUT2D eigenvalue weighted by molar-refractivity contribution is 0.0745. The van der Waals surface area contributed by atoms with E-state index in [9.17, 15) is 4.79 Å². The summed E-state index contributed by atoms with van der Waals surface area (Å²) in [6, 6.07) is 10.0. The Labute approximate surface area is 118 Å². The van der Waals surface area contributed by atoms with Gasteiger partial charge in [-0.2, -0.15) is 5.10 Å². The van der Waals surface area contributed by atoms with Gasteiger partial charge in [0.15, 0.2) is 0 Å². The summed E-state index contributed by atoms with van der Waals surface area (Å²) in [7, 11) is 0. The fourth-order valence-corrected chi connectivity index (χ4v) is 2.45. The van der Waals surface area contributed by atoms with Gasteiger partial charge in [0.1, 0.15) is 5.69 Å². The number of rotatable bonds is 1. The van der Waals surface area contributed by atoms with Gasteiger partial charge in [0.2, 0.25) is 0 Å². The minimum Gasteiger partial charge on any atom is -0.329 e. The predicted octanol–water partition coefficient (Wildman–Crippen LogP) is 2.86. The first-order valence-electron chi connectivity index (χ1n) is 6.87. The highest BCUT2D eigenvalue weighted by atomic mass is 16.2. The Morgan fingerprint density at radius 1 is 1.20 bits per heavy atom. The Morgan fingerprint density at radius 3 is 2.30 bits per heavy atom. The van der Waals surface area contributed by atoms with Gasteiger partial charge >= 0.3 is 0 Å². The molecule has 1 aliphatic rings. The Balaban J connectivity index is 1.80. The third-order valence-corrected chi connectivity index (χ3v) is 3.73. The monoisotopic (exact) mass is 269 g/mol. The number of benzene rings is 1. The summed E-state index contributed by atoms with van der Waals surface area (Å²) >= 11 is 0. The van der Waals surface area contributed by atoms with Crippen molar-refractivity contribution in [2.24, 2.45) is 0 Å². The lowest BCUT2D eigenvalue weighted by Crippen LogP contribution is -2.25. The first-order chi connectivity index (χ1) is 9.45. The molecule has 0 unspecified atom stereocenters. The molecule has 4 heteroatoms. The maximum Gasteiger partial charge on any atom is 0.274 e. The average molecular weight is 269 g/mol. The number of nitrogens with one attached hydrogen (secondary N) is 1. The van der Waals surface area contributed by atoms with Crippen molar-refractivity contribution < 1.29 is 4.79 Å². The van der Waals surface area contributed by atoms with Crippen LogP contribution in [-0.4, -0.2) is 21.0 Å². The minimum atomic E-state index is -0.0283. The fraction of sp³-hybridized carbons (Fsp3) is 0.375. The van der Waals surface area contributed by atoms with E-state index in [2.05, 4.69) is 43.1 Å². The second kappa shape index (κ2) is 4.47. The van der Waals surface area contributed by atoms with E-state index in [1.165, 1.54) is 11.1 Å². The second-order valence-corrected chi connectivity index (χ2v) is 6.35. The molecule has 0 fully saturated rings. The molecule has 1 aromatic carbocycles. The van der Waals surface area contributed by atoms with E-state index in [4.69, 9.17) is 0 Å². The number of amides is 1. The number of carbonyl (C=O) groups is 1. The largest absolute Gasteiger partial charge is 0.329 e. The zero-order chi connectivity index (χ0) is 14.3. The van der Waals surface area contributed by atoms with Crippen LogP contribution in [0.5, 0.6) is 0 Å². The van der Waals surface area contributed by atoms with Crippen molar-refractivity contribution in [2.75, 3.05) is 0 Å². The molecule has 20 heavy (non-hydrogen) atoms. The van der Waals surface area contributed by atoms with Crippen molar-refractivity contribution in [3.05, 3.63) is 52.8 Å². The number of nitrogens with zero attached hydrogens (tertiary/aromatic N) is 2. The highest BCUT2D eigenvalue weighted by molar-refractivity contribution is 5.92. The Hall–Kier alpha value is -2.10. The summed E-state index contributed by atoms with van der Waals surface area (Å²) in [6.45, 7) is 7.64. The molecule has 1 N–H and O–H groups in total. The number of hydrogen-bond acceptors (Lipinski definition) is 2. The maximum atomic E-state index is 12.5. The first kappa shape index (κ1) is 12.9. The molecule has 104 valence electrons. The molecule has 3 rings (SSSR count). The van der Waals surface area contributed by atoms with Gasteiger partial charge in [-0.15, -0.1) is 0 Å². The fourth-order valence-electron chi connectivity index (χ4n) is 2.45. The molecule has 2 heterocycles. The zero-order valence-electron chi connectivity index (χ0n) is 12.1. The van der Waals surface area contributed by atoms with Crippen LogP contribution in [0, 0.1) is 0 Å². The standard InChI is InChI=1S/C16H19N3O/c1-16(2,3)14-8-13(17-18-14)15(20)19-9-11-6-4-5-7-12(11)10-19/h4-8H,9-10H2,1-3H3,(H,17,18). The Bertz CT molecular complexity index is 627. The molecule has 0 atom stereocenters. The molecule has 0 aliphatic carbocycles. The van der Waals surface area contributed by atoms with E-state index < -0.39 is 0 Å². The number of H-pyrrole nitrogens is 1. The third-order valence-electron chi connectivity index (χ3n) is 3.73. The van der Waals surface area contributed by atoms with Gasteiger partial charge in [-0.05, 0) is 17.2 Å². The quantitative estimate of drug-likeness (QED) is 0.865. The molecular weight excluding hydrogens is 250 g/mol. The van der Waals surface area contributed by atoms with E-state index in [1.54, 1.807) is 0 Å². The summed E-state index contributed by atoms with van der Waals surface area (Å²) in [4.78, 5) is 14.3. The van der Waals surface area contributed by atoms with Crippen molar-refractivity contribution in [2.45, 2.75) is 39.3 Å². The molecule has 1 aromatic heterocycles. The Morgan fingerprint density at radius 2 is 1.80 bits per heavy atom. The molecule has 2 aromatic rings. The first-order valence-corrected chi connectivity index (χ1v) is 6.87. The molecule has 0 saturated heterocycles. The summed E-state index contributed by atoms with van der Waals surface area (Å²) in [5, 5.41) is 7.15. The number of carbonyl (C=O) groups excluding carboxylic acids is 1. The number of fused-ring (bicyclic) bond motifs is 1. The van der Waals surface area contributed by atoms with Crippen molar-refractivity contribution in [3.63, 3.8) is 0 Å². The van der Waals surface area contributed by atoms with E-state index in [-0.39, 0.29) is 11.3 Å². The molecule has 0 saturated carbocycles. The van der Waals surface area contributed by atoms with Gasteiger partial charge in [-0.25, -0.2) is 0 Å². The van der Waals surface area contributed by atoms with Gasteiger partial charge in [-0.1, -0.05) is 45.0 Å². The maximum absolute atomic E-state index is 12.5. The van der Waals surface area contributed by atoms with Crippen molar-refractivity contribution in [3.8, 4) is 0 Å². The van der Waals surface area contributed by atoms with E-state index >= 15 is 0 Å². The van der Waals surface area contributed by atoms with Crippen LogP contribution >= 0.6 is 0 Å². The molecule has 0 radical (unpaired) electrons. The van der Waals surface area contributed by atoms with Crippen molar-refractivity contribution in [1.82, 2.24) is 15.1 Å². The summed E-state index contributed by atoms with van der Waals surface area (Å²) < 4.78 is 0. The van der Waals surface area contributed by atoms with Crippen LogP contribution in [0.25, 0.3) is 0 Å². The van der Waals surface area contributed by atoms with Crippen LogP contribution in [0.4, 0.5) is 0 Å². The van der Waals surface area contributed by atoms with Crippen molar-refractivity contribution in [1.29, 1.82) is 0 Å². The SMILES string of the molecule is CC(C)(C)c1cc(C(=O)N2Cc3ccccc3C2)n[nH]1. The van der Waals surface area contributed by atoms with Gasteiger partial charge < -0.3 is 4.90 Å². The highest BCUT2D eigenvalue weighted by Crippen LogP contribution is 2.25. The van der Waals surface area contributed by atoms with E-state index in [0.717, 1.165) is 5.69 Å². The lowest BCUT2D eigenvalue weighted by Gasteiger charge is -2.15. The molecule has 1 amide bonds. The zero-order valence-corrected chi connectivity index (χ0v) is 12.1. The van der Waals surface area contributed by atoms with Crippen LogP contribution in [0.1, 0.15) is 48.1 Å². The van der Waals surface area contributed by atoms with Gasteiger partial charge in [-0.3, -0.25) is 9.89 Å². The summed E-state index contributed by atoms with van der Waals surface area (Å²) in [6.07, 6.45) is 0. The molecular formula is C16H19N3O.